The van der Waals surface area contributed by atoms with Crippen molar-refractivity contribution in [2.45, 2.75) is 50.6 Å². The fraction of sp³-hybridized carbons (Fsp3) is 0.471. The van der Waals surface area contributed by atoms with Crippen LogP contribution >= 0.6 is 0 Å². The van der Waals surface area contributed by atoms with Crippen molar-refractivity contribution in [3.05, 3.63) is 30.3 Å². The number of amides is 2. The van der Waals surface area contributed by atoms with Crippen LogP contribution in [0.4, 0.5) is 5.69 Å². The van der Waals surface area contributed by atoms with Gasteiger partial charge in [0.1, 0.15) is 11.8 Å². The molecule has 1 saturated carbocycles. The number of para-hydroxylation sites is 1. The van der Waals surface area contributed by atoms with Gasteiger partial charge in [-0.15, -0.1) is 0 Å². The van der Waals surface area contributed by atoms with Gasteiger partial charge in [-0.3, -0.25) is 14.6 Å². The van der Waals surface area contributed by atoms with E-state index in [9.17, 15) is 9.59 Å². The summed E-state index contributed by atoms with van der Waals surface area (Å²) in [4.78, 5) is 24.2. The Morgan fingerprint density at radius 3 is 2.48 bits per heavy atom. The lowest BCUT2D eigenvalue weighted by Gasteiger charge is -2.22. The fourth-order valence-electron chi connectivity index (χ4n) is 3.20. The van der Waals surface area contributed by atoms with E-state index in [-0.39, 0.29) is 18.4 Å². The van der Waals surface area contributed by atoms with Crippen molar-refractivity contribution in [1.82, 2.24) is 5.32 Å². The molecule has 3 N–H and O–H groups in total. The summed E-state index contributed by atoms with van der Waals surface area (Å²) in [6, 6.07) is 8.93. The number of nitrogens with one attached hydrogen (secondary N) is 1. The summed E-state index contributed by atoms with van der Waals surface area (Å²) < 4.78 is 0. The lowest BCUT2D eigenvalue weighted by atomic mass is 9.95. The van der Waals surface area contributed by atoms with Crippen molar-refractivity contribution in [3.8, 4) is 0 Å². The maximum atomic E-state index is 12.4. The van der Waals surface area contributed by atoms with Crippen LogP contribution in [0.3, 0.4) is 0 Å². The maximum Gasteiger partial charge on any atom is 0.267 e. The summed E-state index contributed by atoms with van der Waals surface area (Å²) in [6.45, 7) is 0. The largest absolute Gasteiger partial charge is 0.368 e. The Balaban J connectivity index is 1.74. The molecule has 1 aromatic carbocycles. The predicted molar refractivity (Wildman–Crippen MR) is 89.0 cm³/mol. The zero-order valence-corrected chi connectivity index (χ0v) is 13.1. The van der Waals surface area contributed by atoms with Crippen LogP contribution in [0.5, 0.6) is 0 Å². The average molecular weight is 314 g/mol. The van der Waals surface area contributed by atoms with Gasteiger partial charge in [0, 0.05) is 12.5 Å². The molecule has 6 nitrogen and oxygen atoms in total. The number of primary amides is 1. The summed E-state index contributed by atoms with van der Waals surface area (Å²) in [5, 5.41) is 8.96. The van der Waals surface area contributed by atoms with Gasteiger partial charge < -0.3 is 11.1 Å². The quantitative estimate of drug-likeness (QED) is 0.884. The molecule has 1 aliphatic heterocycles. The van der Waals surface area contributed by atoms with Crippen molar-refractivity contribution >= 4 is 23.2 Å². The number of carbonyl (C=O) groups is 2. The standard InChI is InChI=1S/C17H22N4O2/c18-16(22)15-11-14(17(23)19-12-7-3-1-4-8-12)20-21(15)13-9-5-2-6-10-13/h2,5-6,9-10,12,15H,1,3-4,7-8,11H2,(H2,18,22)(H,19,23). The SMILES string of the molecule is NC(=O)C1CC(C(=O)NC2CCCCC2)=NN1c1ccccc1. The molecule has 1 aliphatic carbocycles. The molecule has 0 radical (unpaired) electrons. The average Bonchev–Trinajstić information content (AvgIpc) is 3.02. The van der Waals surface area contributed by atoms with Gasteiger partial charge in [0.25, 0.3) is 5.91 Å². The van der Waals surface area contributed by atoms with E-state index in [4.69, 9.17) is 5.73 Å². The molecule has 3 rings (SSSR count). The second kappa shape index (κ2) is 6.81. The smallest absolute Gasteiger partial charge is 0.267 e. The van der Waals surface area contributed by atoms with Crippen molar-refractivity contribution < 1.29 is 9.59 Å². The van der Waals surface area contributed by atoms with Crippen LogP contribution in [0.25, 0.3) is 0 Å². The van der Waals surface area contributed by atoms with Crippen LogP contribution in [0, 0.1) is 0 Å². The van der Waals surface area contributed by atoms with Gasteiger partial charge in [-0.2, -0.15) is 5.10 Å². The molecule has 1 heterocycles. The van der Waals surface area contributed by atoms with Gasteiger partial charge in [-0.25, -0.2) is 0 Å². The minimum Gasteiger partial charge on any atom is -0.368 e. The minimum absolute atomic E-state index is 0.179. The van der Waals surface area contributed by atoms with Crippen molar-refractivity contribution in [3.63, 3.8) is 0 Å². The third-order valence-corrected chi connectivity index (χ3v) is 4.46. The highest BCUT2D eigenvalue weighted by molar-refractivity contribution is 6.40. The zero-order chi connectivity index (χ0) is 16.2. The normalized spacial score (nSPS) is 21.8. The number of carbonyl (C=O) groups excluding carboxylic acids is 2. The lowest BCUT2D eigenvalue weighted by molar-refractivity contribution is -0.119. The Hall–Kier alpha value is -2.37. The van der Waals surface area contributed by atoms with Gasteiger partial charge in [0.05, 0.1) is 5.69 Å². The first-order valence-corrected chi connectivity index (χ1v) is 8.17. The summed E-state index contributed by atoms with van der Waals surface area (Å²) >= 11 is 0. The topological polar surface area (TPSA) is 87.8 Å². The van der Waals surface area contributed by atoms with Crippen LogP contribution in [-0.4, -0.2) is 29.6 Å². The van der Waals surface area contributed by atoms with Gasteiger partial charge in [0.2, 0.25) is 5.91 Å². The van der Waals surface area contributed by atoms with E-state index in [1.807, 2.05) is 30.3 Å². The molecule has 23 heavy (non-hydrogen) atoms. The fourth-order valence-corrected chi connectivity index (χ4v) is 3.20. The van der Waals surface area contributed by atoms with Crippen molar-refractivity contribution in [2.24, 2.45) is 10.8 Å². The molecule has 0 spiro atoms. The van der Waals surface area contributed by atoms with E-state index in [0.29, 0.717) is 5.71 Å². The van der Waals surface area contributed by atoms with E-state index >= 15 is 0 Å². The van der Waals surface area contributed by atoms with Crippen LogP contribution in [-0.2, 0) is 9.59 Å². The summed E-state index contributed by atoms with van der Waals surface area (Å²) in [5.74, 6) is -0.653. The molecular formula is C17H22N4O2. The van der Waals surface area contributed by atoms with E-state index in [2.05, 4.69) is 10.4 Å². The third-order valence-electron chi connectivity index (χ3n) is 4.46. The first-order valence-electron chi connectivity index (χ1n) is 8.17. The number of anilines is 1. The molecule has 6 heteroatoms. The van der Waals surface area contributed by atoms with E-state index in [1.165, 1.54) is 6.42 Å². The van der Waals surface area contributed by atoms with Gasteiger partial charge in [-0.05, 0) is 25.0 Å². The molecule has 2 aliphatic rings. The van der Waals surface area contributed by atoms with Crippen LogP contribution in [0.15, 0.2) is 35.4 Å². The highest BCUT2D eigenvalue weighted by atomic mass is 16.2. The third kappa shape index (κ3) is 3.52. The number of nitrogens with two attached hydrogens (primary N) is 1. The molecule has 0 aromatic heterocycles. The lowest BCUT2D eigenvalue weighted by Crippen LogP contribution is -2.41. The molecule has 2 amide bonds. The molecule has 122 valence electrons. The van der Waals surface area contributed by atoms with Crippen molar-refractivity contribution in [2.75, 3.05) is 5.01 Å². The maximum absolute atomic E-state index is 12.4. The molecular weight excluding hydrogens is 292 g/mol. The van der Waals surface area contributed by atoms with E-state index in [0.717, 1.165) is 31.4 Å². The van der Waals surface area contributed by atoms with E-state index in [1.54, 1.807) is 5.01 Å². The first-order chi connectivity index (χ1) is 11.1. The Kier molecular flexibility index (Phi) is 4.60. The first kappa shape index (κ1) is 15.5. The van der Waals surface area contributed by atoms with Crippen LogP contribution in [0.2, 0.25) is 0 Å². The Bertz CT molecular complexity index is 608. The summed E-state index contributed by atoms with van der Waals surface area (Å²) in [6.07, 6.45) is 5.82. The highest BCUT2D eigenvalue weighted by Gasteiger charge is 2.35. The second-order valence-corrected chi connectivity index (χ2v) is 6.16. The van der Waals surface area contributed by atoms with Crippen LogP contribution < -0.4 is 16.1 Å². The van der Waals surface area contributed by atoms with Gasteiger partial charge in [-0.1, -0.05) is 37.5 Å². The Labute approximate surface area is 135 Å². The highest BCUT2D eigenvalue weighted by Crippen LogP contribution is 2.24. The minimum atomic E-state index is -0.607. The number of hydrogen-bond donors (Lipinski definition) is 2. The van der Waals surface area contributed by atoms with E-state index < -0.39 is 11.9 Å². The second-order valence-electron chi connectivity index (χ2n) is 6.16. The number of hydrogen-bond acceptors (Lipinski definition) is 4. The van der Waals surface area contributed by atoms with Gasteiger partial charge in [0.15, 0.2) is 0 Å². The van der Waals surface area contributed by atoms with Gasteiger partial charge >= 0.3 is 0 Å². The van der Waals surface area contributed by atoms with Crippen molar-refractivity contribution in [1.29, 1.82) is 0 Å². The number of hydrazone groups is 1. The molecule has 1 atom stereocenters. The summed E-state index contributed by atoms with van der Waals surface area (Å²) in [7, 11) is 0. The zero-order valence-electron chi connectivity index (χ0n) is 13.1. The summed E-state index contributed by atoms with van der Waals surface area (Å²) in [5.41, 5.74) is 6.63. The number of rotatable bonds is 4. The number of benzene rings is 1. The Morgan fingerprint density at radius 2 is 1.83 bits per heavy atom. The molecule has 1 aromatic rings. The molecule has 0 saturated heterocycles. The number of nitrogens with zero attached hydrogens (tertiary/aromatic N) is 2. The van der Waals surface area contributed by atoms with Crippen LogP contribution in [0.1, 0.15) is 38.5 Å². The Morgan fingerprint density at radius 1 is 1.13 bits per heavy atom. The molecule has 1 fully saturated rings. The molecule has 0 bridgehead atoms. The molecule has 1 unspecified atom stereocenters. The monoisotopic (exact) mass is 314 g/mol. The predicted octanol–water partition coefficient (Wildman–Crippen LogP) is 1.56.